The Bertz CT molecular complexity index is 781. The monoisotopic (exact) mass is 444 g/mol. The van der Waals surface area contributed by atoms with Crippen LogP contribution in [0.4, 0.5) is 5.69 Å². The molecule has 1 aliphatic rings. The second-order valence-corrected chi connectivity index (χ2v) is 8.81. The summed E-state index contributed by atoms with van der Waals surface area (Å²) in [6.07, 6.45) is 1.33. The molecule has 3 rings (SSSR count). The zero-order valence-corrected chi connectivity index (χ0v) is 19.1. The Morgan fingerprint density at radius 2 is 2.07 bits per heavy atom. The quantitative estimate of drug-likeness (QED) is 0.729. The van der Waals surface area contributed by atoms with E-state index in [2.05, 4.69) is 34.4 Å². The number of thiazole rings is 1. The van der Waals surface area contributed by atoms with Crippen LogP contribution in [0.2, 0.25) is 0 Å². The van der Waals surface area contributed by atoms with Gasteiger partial charge in [0.05, 0.1) is 12.1 Å². The fraction of sp³-hybridized carbons (Fsp3) is 0.500. The first-order valence-electron chi connectivity index (χ1n) is 9.10. The molecule has 0 spiro atoms. The fourth-order valence-corrected chi connectivity index (χ4v) is 4.18. The summed E-state index contributed by atoms with van der Waals surface area (Å²) in [7, 11) is 0. The van der Waals surface area contributed by atoms with Crippen LogP contribution in [0.5, 0.6) is 0 Å². The highest BCUT2D eigenvalue weighted by Gasteiger charge is 2.33. The topological polar surface area (TPSA) is 71.2 Å². The average molecular weight is 445 g/mol. The third-order valence-electron chi connectivity index (χ3n) is 5.11. The lowest BCUT2D eigenvalue weighted by atomic mass is 9.80. The highest BCUT2D eigenvalue weighted by Crippen LogP contribution is 2.28. The van der Waals surface area contributed by atoms with E-state index in [1.165, 1.54) is 0 Å². The van der Waals surface area contributed by atoms with Gasteiger partial charge in [-0.3, -0.25) is 9.69 Å². The number of nitrogens with one attached hydrogen (secondary N) is 1. The summed E-state index contributed by atoms with van der Waals surface area (Å²) < 4.78 is 0. The number of piperidine rings is 1. The van der Waals surface area contributed by atoms with Crippen LogP contribution >= 0.6 is 36.2 Å². The van der Waals surface area contributed by atoms with E-state index in [1.54, 1.807) is 11.3 Å². The lowest BCUT2D eigenvalue weighted by molar-refractivity contribution is -0.115. The third kappa shape index (κ3) is 6.42. The van der Waals surface area contributed by atoms with Crippen LogP contribution in [-0.4, -0.2) is 34.9 Å². The third-order valence-corrected chi connectivity index (χ3v) is 6.00. The molecule has 1 unspecified atom stereocenters. The molecule has 1 amide bonds. The molecule has 5 nitrogen and oxygen atoms in total. The lowest BCUT2D eigenvalue weighted by Gasteiger charge is -2.42. The van der Waals surface area contributed by atoms with Crippen LogP contribution < -0.4 is 11.1 Å². The van der Waals surface area contributed by atoms with Gasteiger partial charge in [0.2, 0.25) is 5.91 Å². The van der Waals surface area contributed by atoms with Crippen molar-refractivity contribution < 1.29 is 4.79 Å². The molecule has 28 heavy (non-hydrogen) atoms. The Hall–Kier alpha value is -1.18. The summed E-state index contributed by atoms with van der Waals surface area (Å²) in [5, 5.41) is 5.90. The minimum atomic E-state index is -0.0229. The maximum absolute atomic E-state index is 12.3. The number of benzene rings is 1. The zero-order valence-electron chi connectivity index (χ0n) is 16.6. The number of aryl methyl sites for hydroxylation is 1. The molecule has 1 fully saturated rings. The van der Waals surface area contributed by atoms with E-state index in [-0.39, 0.29) is 42.2 Å². The number of hydrogen-bond acceptors (Lipinski definition) is 5. The number of rotatable bonds is 5. The second-order valence-electron chi connectivity index (χ2n) is 7.87. The predicted molar refractivity (Wildman–Crippen MR) is 122 cm³/mol. The van der Waals surface area contributed by atoms with Crippen molar-refractivity contribution in [3.63, 3.8) is 0 Å². The first-order chi connectivity index (χ1) is 12.3. The molecule has 0 aliphatic carbocycles. The maximum Gasteiger partial charge on any atom is 0.231 e. The number of halogens is 2. The first-order valence-corrected chi connectivity index (χ1v) is 9.98. The van der Waals surface area contributed by atoms with Crippen LogP contribution in [0.1, 0.15) is 36.5 Å². The van der Waals surface area contributed by atoms with Crippen LogP contribution in [0.15, 0.2) is 29.6 Å². The summed E-state index contributed by atoms with van der Waals surface area (Å²) in [6.45, 7) is 9.26. The van der Waals surface area contributed by atoms with Gasteiger partial charge >= 0.3 is 0 Å². The smallest absolute Gasteiger partial charge is 0.231 e. The SMILES string of the molecule is Cc1ccccc1NC(=O)Cc1nc(CN2CCC(N)C(C)(C)C2)cs1.Cl.Cl. The van der Waals surface area contributed by atoms with Crippen molar-refractivity contribution in [2.24, 2.45) is 11.1 Å². The van der Waals surface area contributed by atoms with Crippen molar-refractivity contribution in [3.8, 4) is 0 Å². The Kier molecular flexibility index (Phi) is 9.37. The Morgan fingerprint density at radius 1 is 1.36 bits per heavy atom. The van der Waals surface area contributed by atoms with E-state index >= 15 is 0 Å². The second kappa shape index (κ2) is 10.6. The van der Waals surface area contributed by atoms with Crippen molar-refractivity contribution >= 4 is 47.7 Å². The molecule has 1 aromatic heterocycles. The highest BCUT2D eigenvalue weighted by atomic mass is 35.5. The molecule has 0 bridgehead atoms. The van der Waals surface area contributed by atoms with E-state index in [0.717, 1.165) is 48.0 Å². The minimum Gasteiger partial charge on any atom is -0.327 e. The van der Waals surface area contributed by atoms with Gasteiger partial charge in [0, 0.05) is 36.7 Å². The van der Waals surface area contributed by atoms with E-state index in [9.17, 15) is 4.79 Å². The van der Waals surface area contributed by atoms with Crippen LogP contribution in [0, 0.1) is 12.3 Å². The van der Waals surface area contributed by atoms with Crippen LogP contribution in [0.3, 0.4) is 0 Å². The largest absolute Gasteiger partial charge is 0.327 e. The average Bonchev–Trinajstić information content (AvgIpc) is 3.00. The standard InChI is InChI=1S/C20H28N4OS.2ClH/c1-14-6-4-5-7-16(14)23-18(25)10-19-22-15(12-26-19)11-24-9-8-17(21)20(2,3)13-24;;/h4-7,12,17H,8-11,13,21H2,1-3H3,(H,23,25);2*1H. The zero-order chi connectivity index (χ0) is 18.7. The van der Waals surface area contributed by atoms with Gasteiger partial charge in [-0.2, -0.15) is 0 Å². The minimum absolute atomic E-state index is 0. The highest BCUT2D eigenvalue weighted by molar-refractivity contribution is 7.09. The number of carbonyl (C=O) groups excluding carboxylic acids is 1. The predicted octanol–water partition coefficient (Wildman–Crippen LogP) is 4.04. The van der Waals surface area contributed by atoms with Crippen LogP contribution in [-0.2, 0) is 17.8 Å². The fourth-order valence-electron chi connectivity index (χ4n) is 3.40. The van der Waals surface area contributed by atoms with Gasteiger partial charge < -0.3 is 11.1 Å². The van der Waals surface area contributed by atoms with Gasteiger partial charge in [-0.05, 0) is 30.4 Å². The van der Waals surface area contributed by atoms with E-state index in [0.29, 0.717) is 6.42 Å². The van der Waals surface area contributed by atoms with Crippen molar-refractivity contribution in [2.75, 3.05) is 18.4 Å². The van der Waals surface area contributed by atoms with Gasteiger partial charge in [0.25, 0.3) is 0 Å². The van der Waals surface area contributed by atoms with Crippen molar-refractivity contribution in [1.82, 2.24) is 9.88 Å². The van der Waals surface area contributed by atoms with Gasteiger partial charge in [-0.25, -0.2) is 4.98 Å². The van der Waals surface area contributed by atoms with E-state index < -0.39 is 0 Å². The first kappa shape index (κ1) is 24.9. The number of carbonyl (C=O) groups is 1. The van der Waals surface area contributed by atoms with Crippen molar-refractivity contribution in [2.45, 2.75) is 46.2 Å². The number of para-hydroxylation sites is 1. The normalized spacial score (nSPS) is 18.6. The molecule has 1 atom stereocenters. The molecule has 1 aliphatic heterocycles. The summed E-state index contributed by atoms with van der Waals surface area (Å²) in [5.74, 6) is -0.0229. The molecule has 2 heterocycles. The molecule has 8 heteroatoms. The molecule has 2 aromatic rings. The molecule has 156 valence electrons. The summed E-state index contributed by atoms with van der Waals surface area (Å²) in [4.78, 5) is 19.4. The van der Waals surface area contributed by atoms with Crippen LogP contribution in [0.25, 0.3) is 0 Å². The van der Waals surface area contributed by atoms with Crippen molar-refractivity contribution in [3.05, 3.63) is 45.9 Å². The van der Waals surface area contributed by atoms with Crippen molar-refractivity contribution in [1.29, 1.82) is 0 Å². The molecular weight excluding hydrogens is 415 g/mol. The number of anilines is 1. The molecule has 1 saturated heterocycles. The molecular formula is C20H30Cl2N4OS. The molecule has 1 aromatic carbocycles. The Balaban J connectivity index is 0.00000196. The summed E-state index contributed by atoms with van der Waals surface area (Å²) in [5.41, 5.74) is 9.31. The maximum atomic E-state index is 12.3. The van der Waals surface area contributed by atoms with Gasteiger partial charge in [0.1, 0.15) is 5.01 Å². The molecule has 0 radical (unpaired) electrons. The van der Waals surface area contributed by atoms with Gasteiger partial charge in [0.15, 0.2) is 0 Å². The Labute approximate surface area is 183 Å². The van der Waals surface area contributed by atoms with E-state index in [4.69, 9.17) is 5.73 Å². The number of likely N-dealkylation sites (tertiary alicyclic amines) is 1. The van der Waals surface area contributed by atoms with E-state index in [1.807, 2.05) is 31.2 Å². The van der Waals surface area contributed by atoms with Gasteiger partial charge in [-0.15, -0.1) is 36.2 Å². The Morgan fingerprint density at radius 3 is 2.75 bits per heavy atom. The number of aromatic nitrogens is 1. The summed E-state index contributed by atoms with van der Waals surface area (Å²) >= 11 is 1.56. The van der Waals surface area contributed by atoms with Gasteiger partial charge in [-0.1, -0.05) is 32.0 Å². The number of nitrogens with two attached hydrogens (primary N) is 1. The lowest BCUT2D eigenvalue weighted by Crippen LogP contribution is -2.52. The number of nitrogens with zero attached hydrogens (tertiary/aromatic N) is 2. The number of amides is 1. The summed E-state index contributed by atoms with van der Waals surface area (Å²) in [6, 6.07) is 8.06. The number of hydrogen-bond donors (Lipinski definition) is 2. The molecule has 3 N–H and O–H groups in total. The molecule has 0 saturated carbocycles.